The third-order valence-electron chi connectivity index (χ3n) is 4.61. The van der Waals surface area contributed by atoms with Gasteiger partial charge in [-0.1, -0.05) is 6.07 Å². The second-order valence-corrected chi connectivity index (χ2v) is 6.79. The molecule has 0 aromatic heterocycles. The Kier molecular flexibility index (Phi) is 7.77. The van der Waals surface area contributed by atoms with Crippen LogP contribution in [-0.4, -0.2) is 57.4 Å². The number of amides is 1. The lowest BCUT2D eigenvalue weighted by Gasteiger charge is -2.32. The molecule has 152 valence electrons. The number of alkyl halides is 3. The van der Waals surface area contributed by atoms with E-state index in [0.717, 1.165) is 38.0 Å². The number of hydrogen-bond acceptors (Lipinski definition) is 4. The van der Waals surface area contributed by atoms with Crippen molar-refractivity contribution in [2.75, 3.05) is 40.4 Å². The van der Waals surface area contributed by atoms with Crippen molar-refractivity contribution in [1.29, 1.82) is 0 Å². The van der Waals surface area contributed by atoms with Crippen molar-refractivity contribution < 1.29 is 27.4 Å². The number of rotatable bonds is 8. The molecule has 5 nitrogen and oxygen atoms in total. The number of benzene rings is 1. The van der Waals surface area contributed by atoms with Gasteiger partial charge in [-0.05, 0) is 56.5 Å². The Morgan fingerprint density at radius 2 is 2.11 bits per heavy atom. The minimum atomic E-state index is -4.41. The van der Waals surface area contributed by atoms with Gasteiger partial charge in [0.25, 0.3) is 0 Å². The van der Waals surface area contributed by atoms with Crippen LogP contribution < -0.4 is 14.8 Å². The van der Waals surface area contributed by atoms with Crippen molar-refractivity contribution in [1.82, 2.24) is 10.2 Å². The molecule has 1 fully saturated rings. The van der Waals surface area contributed by atoms with E-state index in [4.69, 9.17) is 9.47 Å². The summed E-state index contributed by atoms with van der Waals surface area (Å²) in [5.41, 5.74) is 0.823. The molecule has 27 heavy (non-hydrogen) atoms. The number of carbonyl (C=O) groups excluding carboxylic acids is 1. The maximum Gasteiger partial charge on any atom is 0.422 e. The summed E-state index contributed by atoms with van der Waals surface area (Å²) < 4.78 is 46.8. The van der Waals surface area contributed by atoms with Gasteiger partial charge in [0, 0.05) is 19.5 Å². The molecule has 1 aromatic rings. The highest BCUT2D eigenvalue weighted by atomic mass is 19.4. The molecular formula is C19H27F3N2O3. The fourth-order valence-corrected chi connectivity index (χ4v) is 3.30. The van der Waals surface area contributed by atoms with Gasteiger partial charge in [0.15, 0.2) is 18.1 Å². The van der Waals surface area contributed by atoms with Gasteiger partial charge in [0.1, 0.15) is 0 Å². The van der Waals surface area contributed by atoms with Gasteiger partial charge in [-0.2, -0.15) is 13.2 Å². The predicted molar refractivity (Wildman–Crippen MR) is 96.1 cm³/mol. The molecule has 0 aliphatic carbocycles. The Morgan fingerprint density at radius 1 is 1.33 bits per heavy atom. The smallest absolute Gasteiger partial charge is 0.422 e. The lowest BCUT2D eigenvalue weighted by molar-refractivity contribution is -0.153. The lowest BCUT2D eigenvalue weighted by Crippen LogP contribution is -2.42. The second-order valence-electron chi connectivity index (χ2n) is 6.79. The number of hydrogen-bond donors (Lipinski definition) is 1. The lowest BCUT2D eigenvalue weighted by atomic mass is 9.97. The first-order chi connectivity index (χ1) is 12.8. The van der Waals surface area contributed by atoms with E-state index in [-0.39, 0.29) is 17.4 Å². The topological polar surface area (TPSA) is 50.8 Å². The molecule has 1 atom stereocenters. The molecule has 0 spiro atoms. The average molecular weight is 388 g/mol. The summed E-state index contributed by atoms with van der Waals surface area (Å²) in [7, 11) is 3.29. The second kappa shape index (κ2) is 9.82. The molecule has 0 saturated carbocycles. The molecule has 1 aromatic carbocycles. The van der Waals surface area contributed by atoms with Crippen LogP contribution in [0.15, 0.2) is 18.2 Å². The first kappa shape index (κ1) is 21.3. The largest absolute Gasteiger partial charge is 0.493 e. The van der Waals surface area contributed by atoms with E-state index in [1.54, 1.807) is 12.1 Å². The summed E-state index contributed by atoms with van der Waals surface area (Å²) in [5.74, 6) is 0.858. The minimum Gasteiger partial charge on any atom is -0.493 e. The zero-order valence-electron chi connectivity index (χ0n) is 15.8. The molecule has 1 aliphatic heterocycles. The quantitative estimate of drug-likeness (QED) is 0.744. The molecule has 1 heterocycles. The van der Waals surface area contributed by atoms with Crippen molar-refractivity contribution in [2.45, 2.75) is 31.9 Å². The maximum atomic E-state index is 12.5. The van der Waals surface area contributed by atoms with Crippen LogP contribution in [0.3, 0.4) is 0 Å². The molecule has 1 saturated heterocycles. The molecule has 0 bridgehead atoms. The zero-order valence-corrected chi connectivity index (χ0v) is 15.8. The van der Waals surface area contributed by atoms with Gasteiger partial charge >= 0.3 is 6.18 Å². The number of nitrogens with zero attached hydrogens (tertiary/aromatic N) is 1. The molecule has 8 heteroatoms. The normalized spacial score (nSPS) is 17.7. The summed E-state index contributed by atoms with van der Waals surface area (Å²) in [6.07, 6.45) is -1.41. The van der Waals surface area contributed by atoms with Crippen LogP contribution in [0.2, 0.25) is 0 Å². The standard InChI is InChI=1S/C19H27F3N2O3/c1-23-11-15-4-3-9-24(12-15)18(25)8-6-14-5-7-16(17(10-14)26-2)27-13-19(20,21)22/h5,7,10,15,23H,3-4,6,8-9,11-13H2,1-2H3. The van der Waals surface area contributed by atoms with Crippen molar-refractivity contribution in [3.8, 4) is 11.5 Å². The summed E-state index contributed by atoms with van der Waals surface area (Å²) in [6, 6.07) is 4.74. The Balaban J connectivity index is 1.90. The van der Waals surface area contributed by atoms with Crippen LogP contribution in [0.25, 0.3) is 0 Å². The van der Waals surface area contributed by atoms with Crippen LogP contribution in [-0.2, 0) is 11.2 Å². The number of likely N-dealkylation sites (tertiary alicyclic amines) is 1. The van der Waals surface area contributed by atoms with E-state index in [2.05, 4.69) is 5.32 Å². The van der Waals surface area contributed by atoms with Gasteiger partial charge < -0.3 is 19.7 Å². The van der Waals surface area contributed by atoms with E-state index in [9.17, 15) is 18.0 Å². The number of nitrogens with one attached hydrogen (secondary N) is 1. The van der Waals surface area contributed by atoms with E-state index in [1.807, 2.05) is 11.9 Å². The molecule has 1 unspecified atom stereocenters. The Morgan fingerprint density at radius 3 is 2.78 bits per heavy atom. The molecule has 2 rings (SSSR count). The summed E-state index contributed by atoms with van der Waals surface area (Å²) in [5, 5.41) is 3.16. The number of methoxy groups -OCH3 is 1. The number of halogens is 3. The van der Waals surface area contributed by atoms with E-state index in [0.29, 0.717) is 18.8 Å². The van der Waals surface area contributed by atoms with Crippen LogP contribution in [0.4, 0.5) is 13.2 Å². The number of piperidine rings is 1. The molecular weight excluding hydrogens is 361 g/mol. The van der Waals surface area contributed by atoms with E-state index >= 15 is 0 Å². The predicted octanol–water partition coefficient (Wildman–Crippen LogP) is 3.03. The Labute approximate surface area is 157 Å². The number of aryl methyl sites for hydroxylation is 1. The Bertz CT molecular complexity index is 621. The van der Waals surface area contributed by atoms with Crippen molar-refractivity contribution in [2.24, 2.45) is 5.92 Å². The van der Waals surface area contributed by atoms with Crippen LogP contribution in [0, 0.1) is 5.92 Å². The fourth-order valence-electron chi connectivity index (χ4n) is 3.30. The van der Waals surface area contributed by atoms with Gasteiger partial charge in [0.05, 0.1) is 7.11 Å². The van der Waals surface area contributed by atoms with Crippen molar-refractivity contribution in [3.05, 3.63) is 23.8 Å². The molecule has 1 aliphatic rings. The summed E-state index contributed by atoms with van der Waals surface area (Å²) in [6.45, 7) is 1.09. The van der Waals surface area contributed by atoms with Gasteiger partial charge in [-0.25, -0.2) is 0 Å². The van der Waals surface area contributed by atoms with Gasteiger partial charge in [-0.15, -0.1) is 0 Å². The van der Waals surface area contributed by atoms with Crippen LogP contribution >= 0.6 is 0 Å². The molecule has 1 N–H and O–H groups in total. The summed E-state index contributed by atoms with van der Waals surface area (Å²) in [4.78, 5) is 14.4. The third kappa shape index (κ3) is 6.93. The maximum absolute atomic E-state index is 12.5. The van der Waals surface area contributed by atoms with Gasteiger partial charge in [0.2, 0.25) is 5.91 Å². The molecule has 1 amide bonds. The zero-order chi connectivity index (χ0) is 19.9. The highest BCUT2D eigenvalue weighted by molar-refractivity contribution is 5.76. The minimum absolute atomic E-state index is 0.0378. The number of carbonyl (C=O) groups is 1. The SMILES string of the molecule is CNCC1CCCN(C(=O)CCc2ccc(OCC(F)(F)F)c(OC)c2)C1. The fraction of sp³-hybridized carbons (Fsp3) is 0.632. The van der Waals surface area contributed by atoms with Crippen molar-refractivity contribution in [3.63, 3.8) is 0 Å². The van der Waals surface area contributed by atoms with E-state index in [1.165, 1.54) is 13.2 Å². The van der Waals surface area contributed by atoms with Gasteiger partial charge in [-0.3, -0.25) is 4.79 Å². The summed E-state index contributed by atoms with van der Waals surface area (Å²) >= 11 is 0. The van der Waals surface area contributed by atoms with Crippen LogP contribution in [0.1, 0.15) is 24.8 Å². The monoisotopic (exact) mass is 388 g/mol. The van der Waals surface area contributed by atoms with Crippen molar-refractivity contribution >= 4 is 5.91 Å². The van der Waals surface area contributed by atoms with E-state index < -0.39 is 12.8 Å². The average Bonchev–Trinajstić information content (AvgIpc) is 2.64. The highest BCUT2D eigenvalue weighted by Gasteiger charge is 2.29. The van der Waals surface area contributed by atoms with Crippen LogP contribution in [0.5, 0.6) is 11.5 Å². The first-order valence-corrected chi connectivity index (χ1v) is 9.11. The third-order valence-corrected chi connectivity index (χ3v) is 4.61. The molecule has 0 radical (unpaired) electrons. The Hall–Kier alpha value is -1.96. The first-order valence-electron chi connectivity index (χ1n) is 9.11. The number of ether oxygens (including phenoxy) is 2. The highest BCUT2D eigenvalue weighted by Crippen LogP contribution is 2.30.